The third kappa shape index (κ3) is 3.32. The quantitative estimate of drug-likeness (QED) is 0.881. The van der Waals surface area contributed by atoms with E-state index in [-0.39, 0.29) is 11.5 Å². The van der Waals surface area contributed by atoms with E-state index in [2.05, 4.69) is 63.3 Å². The van der Waals surface area contributed by atoms with Crippen molar-refractivity contribution in [1.82, 2.24) is 10.3 Å². The van der Waals surface area contributed by atoms with Crippen LogP contribution in [0.2, 0.25) is 0 Å². The molecule has 19 heavy (non-hydrogen) atoms. The van der Waals surface area contributed by atoms with Crippen LogP contribution in [0.25, 0.3) is 10.9 Å². The lowest BCUT2D eigenvalue weighted by atomic mass is 9.84. The van der Waals surface area contributed by atoms with E-state index in [9.17, 15) is 0 Å². The Labute approximate surface area is 116 Å². The molecule has 0 bridgehead atoms. The summed E-state index contributed by atoms with van der Waals surface area (Å²) < 4.78 is 0. The Bertz CT molecular complexity index is 540. The molecule has 1 N–H and O–H groups in total. The van der Waals surface area contributed by atoms with Crippen molar-refractivity contribution in [3.63, 3.8) is 0 Å². The maximum absolute atomic E-state index is 4.83. The first kappa shape index (κ1) is 14.0. The predicted octanol–water partition coefficient (Wildman–Crippen LogP) is 4.32. The first-order valence-electron chi connectivity index (χ1n) is 7.11. The fourth-order valence-corrected chi connectivity index (χ4v) is 2.39. The van der Waals surface area contributed by atoms with Crippen molar-refractivity contribution in [3.8, 4) is 0 Å². The molecule has 0 amide bonds. The molecule has 0 spiro atoms. The highest BCUT2D eigenvalue weighted by Gasteiger charge is 2.26. The number of hydrogen-bond acceptors (Lipinski definition) is 2. The van der Waals surface area contributed by atoms with Crippen LogP contribution in [0.4, 0.5) is 0 Å². The van der Waals surface area contributed by atoms with Crippen LogP contribution >= 0.6 is 0 Å². The van der Waals surface area contributed by atoms with Crippen LogP contribution in [0.3, 0.4) is 0 Å². The van der Waals surface area contributed by atoms with Crippen LogP contribution in [-0.4, -0.2) is 11.5 Å². The number of para-hydroxylation sites is 1. The molecule has 2 heteroatoms. The molecule has 2 aromatic rings. The molecule has 1 aromatic heterocycles. The molecule has 0 saturated carbocycles. The van der Waals surface area contributed by atoms with Crippen LogP contribution in [0.5, 0.6) is 0 Å². The number of rotatable bonds is 4. The van der Waals surface area contributed by atoms with Gasteiger partial charge < -0.3 is 5.32 Å². The Balaban J connectivity index is 2.38. The molecule has 0 fully saturated rings. The van der Waals surface area contributed by atoms with Gasteiger partial charge in [0.1, 0.15) is 0 Å². The monoisotopic (exact) mass is 256 g/mol. The molecule has 102 valence electrons. The Kier molecular flexibility index (Phi) is 4.20. The predicted molar refractivity (Wildman–Crippen MR) is 82.2 cm³/mol. The first-order chi connectivity index (χ1) is 9.02. The van der Waals surface area contributed by atoms with Crippen LogP contribution in [0.15, 0.2) is 36.4 Å². The summed E-state index contributed by atoms with van der Waals surface area (Å²) in [6.07, 6.45) is 1.14. The number of hydrogen-bond donors (Lipinski definition) is 1. The summed E-state index contributed by atoms with van der Waals surface area (Å²) in [6, 6.07) is 12.9. The van der Waals surface area contributed by atoms with Crippen molar-refractivity contribution in [2.24, 2.45) is 5.41 Å². The molecular weight excluding hydrogens is 232 g/mol. The summed E-state index contributed by atoms with van der Waals surface area (Å²) in [5.41, 5.74) is 2.37. The Hall–Kier alpha value is -1.41. The lowest BCUT2D eigenvalue weighted by Crippen LogP contribution is -2.33. The van der Waals surface area contributed by atoms with E-state index in [0.717, 1.165) is 24.2 Å². The van der Waals surface area contributed by atoms with Crippen molar-refractivity contribution in [3.05, 3.63) is 42.1 Å². The molecule has 0 aliphatic heterocycles. The second-order valence-electron chi connectivity index (χ2n) is 6.18. The molecular formula is C17H24N2. The van der Waals surface area contributed by atoms with E-state index in [1.54, 1.807) is 0 Å². The van der Waals surface area contributed by atoms with Gasteiger partial charge in [0, 0.05) is 5.39 Å². The van der Waals surface area contributed by atoms with Crippen LogP contribution in [0.1, 0.15) is 45.9 Å². The highest BCUT2D eigenvalue weighted by atomic mass is 15.0. The lowest BCUT2D eigenvalue weighted by molar-refractivity contribution is 0.268. The van der Waals surface area contributed by atoms with E-state index in [4.69, 9.17) is 4.98 Å². The van der Waals surface area contributed by atoms with E-state index in [1.165, 1.54) is 5.39 Å². The lowest BCUT2D eigenvalue weighted by Gasteiger charge is -2.31. The van der Waals surface area contributed by atoms with Crippen molar-refractivity contribution in [1.29, 1.82) is 0 Å². The van der Waals surface area contributed by atoms with Gasteiger partial charge in [0.15, 0.2) is 0 Å². The normalized spacial score (nSPS) is 13.7. The summed E-state index contributed by atoms with van der Waals surface area (Å²) in [5.74, 6) is 0. The van der Waals surface area contributed by atoms with Gasteiger partial charge in [-0.1, -0.05) is 52.0 Å². The van der Waals surface area contributed by atoms with Crippen molar-refractivity contribution in [2.75, 3.05) is 6.54 Å². The summed E-state index contributed by atoms with van der Waals surface area (Å²) in [6.45, 7) is 10.0. The Morgan fingerprint density at radius 1 is 1.11 bits per heavy atom. The van der Waals surface area contributed by atoms with Gasteiger partial charge in [-0.05, 0) is 30.5 Å². The molecule has 2 nitrogen and oxygen atoms in total. The minimum atomic E-state index is 0.157. The standard InChI is InChI=1S/C17H24N2/c1-5-12-18-16(17(2,3)4)15-11-10-13-8-6-7-9-14(13)19-15/h6-11,16,18H,5,12H2,1-4H3. The number of nitrogens with zero attached hydrogens (tertiary/aromatic N) is 1. The summed E-state index contributed by atoms with van der Waals surface area (Å²) in [5, 5.41) is 4.83. The van der Waals surface area contributed by atoms with Crippen molar-refractivity contribution in [2.45, 2.75) is 40.2 Å². The fraction of sp³-hybridized carbons (Fsp3) is 0.471. The van der Waals surface area contributed by atoms with Gasteiger partial charge in [-0.2, -0.15) is 0 Å². The smallest absolute Gasteiger partial charge is 0.0706 e. The minimum absolute atomic E-state index is 0.157. The maximum atomic E-state index is 4.83. The van der Waals surface area contributed by atoms with Gasteiger partial charge in [-0.15, -0.1) is 0 Å². The molecule has 1 aromatic carbocycles. The van der Waals surface area contributed by atoms with Gasteiger partial charge >= 0.3 is 0 Å². The SMILES string of the molecule is CCCNC(c1ccc2ccccc2n1)C(C)(C)C. The number of fused-ring (bicyclic) bond motifs is 1. The van der Waals surface area contributed by atoms with Crippen molar-refractivity contribution < 1.29 is 0 Å². The molecule has 0 saturated heterocycles. The van der Waals surface area contributed by atoms with Crippen LogP contribution in [-0.2, 0) is 0 Å². The third-order valence-corrected chi connectivity index (χ3v) is 3.38. The zero-order valence-corrected chi connectivity index (χ0v) is 12.4. The van der Waals surface area contributed by atoms with E-state index < -0.39 is 0 Å². The molecule has 0 aliphatic rings. The third-order valence-electron chi connectivity index (χ3n) is 3.38. The molecule has 2 rings (SSSR count). The number of aromatic nitrogens is 1. The molecule has 1 unspecified atom stereocenters. The van der Waals surface area contributed by atoms with E-state index in [1.807, 2.05) is 6.07 Å². The zero-order chi connectivity index (χ0) is 13.9. The highest BCUT2D eigenvalue weighted by molar-refractivity contribution is 5.78. The van der Waals surface area contributed by atoms with Crippen molar-refractivity contribution >= 4 is 10.9 Å². The fourth-order valence-electron chi connectivity index (χ4n) is 2.39. The summed E-state index contributed by atoms with van der Waals surface area (Å²) in [7, 11) is 0. The zero-order valence-electron chi connectivity index (χ0n) is 12.4. The Morgan fingerprint density at radius 2 is 1.84 bits per heavy atom. The number of nitrogens with one attached hydrogen (secondary N) is 1. The topological polar surface area (TPSA) is 24.9 Å². The van der Waals surface area contributed by atoms with Gasteiger partial charge in [0.05, 0.1) is 17.3 Å². The largest absolute Gasteiger partial charge is 0.308 e. The number of pyridine rings is 1. The van der Waals surface area contributed by atoms with E-state index >= 15 is 0 Å². The van der Waals surface area contributed by atoms with E-state index in [0.29, 0.717) is 0 Å². The average Bonchev–Trinajstić information content (AvgIpc) is 2.37. The molecule has 0 radical (unpaired) electrons. The molecule has 1 atom stereocenters. The second kappa shape index (κ2) is 5.70. The number of benzene rings is 1. The second-order valence-corrected chi connectivity index (χ2v) is 6.18. The van der Waals surface area contributed by atoms with Gasteiger partial charge in [-0.3, -0.25) is 4.98 Å². The van der Waals surface area contributed by atoms with Gasteiger partial charge in [0.2, 0.25) is 0 Å². The Morgan fingerprint density at radius 3 is 2.53 bits per heavy atom. The van der Waals surface area contributed by atoms with Crippen LogP contribution in [0, 0.1) is 5.41 Å². The average molecular weight is 256 g/mol. The first-order valence-corrected chi connectivity index (χ1v) is 7.11. The highest BCUT2D eigenvalue weighted by Crippen LogP contribution is 2.32. The maximum Gasteiger partial charge on any atom is 0.0706 e. The van der Waals surface area contributed by atoms with Gasteiger partial charge in [0.25, 0.3) is 0 Å². The summed E-state index contributed by atoms with van der Waals surface area (Å²) in [4.78, 5) is 4.83. The molecule has 1 heterocycles. The minimum Gasteiger partial charge on any atom is -0.308 e. The van der Waals surface area contributed by atoms with Crippen LogP contribution < -0.4 is 5.32 Å². The van der Waals surface area contributed by atoms with Gasteiger partial charge in [-0.25, -0.2) is 0 Å². The summed E-state index contributed by atoms with van der Waals surface area (Å²) >= 11 is 0. The molecule has 0 aliphatic carbocycles.